The van der Waals surface area contributed by atoms with E-state index in [2.05, 4.69) is 46.9 Å². The van der Waals surface area contributed by atoms with Crippen molar-refractivity contribution < 1.29 is 0 Å². The summed E-state index contributed by atoms with van der Waals surface area (Å²) in [4.78, 5) is 0. The van der Waals surface area contributed by atoms with E-state index in [9.17, 15) is 0 Å². The maximum atomic E-state index is 3.88. The fourth-order valence-electron chi connectivity index (χ4n) is 4.10. The van der Waals surface area contributed by atoms with Crippen LogP contribution >= 0.6 is 0 Å². The lowest BCUT2D eigenvalue weighted by Crippen LogP contribution is -2.56. The highest BCUT2D eigenvalue weighted by molar-refractivity contribution is 5.13. The van der Waals surface area contributed by atoms with Crippen LogP contribution in [-0.4, -0.2) is 11.6 Å². The van der Waals surface area contributed by atoms with Crippen molar-refractivity contribution in [2.45, 2.75) is 72.4 Å². The Labute approximate surface area is 95.0 Å². The molecule has 0 amide bonds. The summed E-state index contributed by atoms with van der Waals surface area (Å²) < 4.78 is 0. The first-order chi connectivity index (χ1) is 6.65. The zero-order chi connectivity index (χ0) is 11.5. The molecule has 1 N–H and O–H groups in total. The van der Waals surface area contributed by atoms with Gasteiger partial charge < -0.3 is 5.32 Å². The second-order valence-corrected chi connectivity index (χ2v) is 7.74. The lowest BCUT2D eigenvalue weighted by atomic mass is 9.68. The van der Waals surface area contributed by atoms with Crippen LogP contribution in [0.1, 0.15) is 60.8 Å². The normalized spacial score (nSPS) is 43.6. The molecule has 0 aromatic heterocycles. The van der Waals surface area contributed by atoms with Crippen molar-refractivity contribution in [2.24, 2.45) is 16.7 Å². The molecule has 2 saturated carbocycles. The van der Waals surface area contributed by atoms with Crippen molar-refractivity contribution in [1.29, 1.82) is 0 Å². The second kappa shape index (κ2) is 3.00. The fraction of sp³-hybridized carbons (Fsp3) is 1.00. The molecular formula is C14H27N. The summed E-state index contributed by atoms with van der Waals surface area (Å²) in [6.45, 7) is 14.3. The molecule has 15 heavy (non-hydrogen) atoms. The molecule has 0 aliphatic heterocycles. The summed E-state index contributed by atoms with van der Waals surface area (Å²) >= 11 is 0. The van der Waals surface area contributed by atoms with E-state index in [1.807, 2.05) is 0 Å². The van der Waals surface area contributed by atoms with Crippen LogP contribution in [0.5, 0.6) is 0 Å². The van der Waals surface area contributed by atoms with Gasteiger partial charge in [0.1, 0.15) is 0 Å². The highest BCUT2D eigenvalue weighted by Crippen LogP contribution is 2.62. The predicted molar refractivity (Wildman–Crippen MR) is 65.9 cm³/mol. The van der Waals surface area contributed by atoms with Crippen molar-refractivity contribution >= 4 is 0 Å². The van der Waals surface area contributed by atoms with Crippen molar-refractivity contribution in [3.63, 3.8) is 0 Å². The summed E-state index contributed by atoms with van der Waals surface area (Å²) in [5.41, 5.74) is 1.29. The molecule has 2 unspecified atom stereocenters. The Balaban J connectivity index is 2.23. The molecule has 0 aromatic rings. The largest absolute Gasteiger partial charge is 0.308 e. The Hall–Kier alpha value is -0.0400. The molecule has 1 heteroatoms. The quantitative estimate of drug-likeness (QED) is 0.696. The minimum Gasteiger partial charge on any atom is -0.308 e. The summed E-state index contributed by atoms with van der Waals surface area (Å²) in [5.74, 6) is 0.947. The topological polar surface area (TPSA) is 12.0 Å². The van der Waals surface area contributed by atoms with E-state index in [4.69, 9.17) is 0 Å². The van der Waals surface area contributed by atoms with Gasteiger partial charge in [0.15, 0.2) is 0 Å². The maximum Gasteiger partial charge on any atom is 0.0180 e. The number of fused-ring (bicyclic) bond motifs is 2. The molecule has 2 fully saturated rings. The number of hydrogen-bond acceptors (Lipinski definition) is 1. The third-order valence-corrected chi connectivity index (χ3v) is 4.85. The van der Waals surface area contributed by atoms with Gasteiger partial charge in [-0.3, -0.25) is 0 Å². The van der Waals surface area contributed by atoms with Crippen LogP contribution in [-0.2, 0) is 0 Å². The zero-order valence-electron chi connectivity index (χ0n) is 11.3. The van der Waals surface area contributed by atoms with Gasteiger partial charge in [-0.05, 0) is 56.8 Å². The molecule has 88 valence electrons. The first-order valence-electron chi connectivity index (χ1n) is 6.43. The van der Waals surface area contributed by atoms with Crippen molar-refractivity contribution in [3.05, 3.63) is 0 Å². The molecule has 2 bridgehead atoms. The van der Waals surface area contributed by atoms with Crippen LogP contribution < -0.4 is 5.32 Å². The smallest absolute Gasteiger partial charge is 0.0180 e. The highest BCUT2D eigenvalue weighted by atomic mass is 15.0. The Morgan fingerprint density at radius 3 is 2.13 bits per heavy atom. The second-order valence-electron chi connectivity index (χ2n) is 7.74. The van der Waals surface area contributed by atoms with Crippen LogP contribution in [0.2, 0.25) is 0 Å². The van der Waals surface area contributed by atoms with Crippen LogP contribution in [0.3, 0.4) is 0 Å². The van der Waals surface area contributed by atoms with E-state index in [-0.39, 0.29) is 5.54 Å². The minimum atomic E-state index is 0.245. The standard InChI is InChI=1S/C14H27N/c1-12(2,3)15-11-13(4,5)10-7-8-14(11,6)9-10/h10-11,15H,7-9H2,1-6H3/t10-,11?,14?/m0/s1. The van der Waals surface area contributed by atoms with E-state index in [0.717, 1.165) is 5.92 Å². The molecule has 1 nitrogen and oxygen atoms in total. The van der Waals surface area contributed by atoms with Gasteiger partial charge in [0, 0.05) is 11.6 Å². The Kier molecular flexibility index (Phi) is 2.29. The Morgan fingerprint density at radius 2 is 1.73 bits per heavy atom. The van der Waals surface area contributed by atoms with Gasteiger partial charge in [-0.2, -0.15) is 0 Å². The summed E-state index contributed by atoms with van der Waals surface area (Å²) in [5, 5.41) is 3.88. The fourth-order valence-corrected chi connectivity index (χ4v) is 4.10. The van der Waals surface area contributed by atoms with Crippen LogP contribution in [0.15, 0.2) is 0 Å². The predicted octanol–water partition coefficient (Wildman–Crippen LogP) is 3.59. The third-order valence-electron chi connectivity index (χ3n) is 4.85. The zero-order valence-corrected chi connectivity index (χ0v) is 11.3. The lowest BCUT2D eigenvalue weighted by Gasteiger charge is -2.46. The van der Waals surface area contributed by atoms with Gasteiger partial charge in [0.25, 0.3) is 0 Å². The molecule has 0 aromatic carbocycles. The Bertz CT molecular complexity index is 256. The minimum absolute atomic E-state index is 0.245. The third kappa shape index (κ3) is 1.73. The van der Waals surface area contributed by atoms with E-state index in [1.54, 1.807) is 0 Å². The van der Waals surface area contributed by atoms with E-state index in [0.29, 0.717) is 16.9 Å². The molecule has 0 spiro atoms. The van der Waals surface area contributed by atoms with E-state index >= 15 is 0 Å². The molecule has 0 radical (unpaired) electrons. The highest BCUT2D eigenvalue weighted by Gasteiger charge is 2.59. The van der Waals surface area contributed by atoms with Crippen LogP contribution in [0.4, 0.5) is 0 Å². The first-order valence-corrected chi connectivity index (χ1v) is 6.43. The Morgan fingerprint density at radius 1 is 1.13 bits per heavy atom. The maximum absolute atomic E-state index is 3.88. The van der Waals surface area contributed by atoms with Crippen molar-refractivity contribution in [3.8, 4) is 0 Å². The molecule has 0 saturated heterocycles. The van der Waals surface area contributed by atoms with Gasteiger partial charge in [0.05, 0.1) is 0 Å². The average molecular weight is 209 g/mol. The van der Waals surface area contributed by atoms with Gasteiger partial charge in [0.2, 0.25) is 0 Å². The number of nitrogens with one attached hydrogen (secondary N) is 1. The molecule has 0 heterocycles. The molecule has 2 rings (SSSR count). The summed E-state index contributed by atoms with van der Waals surface area (Å²) in [7, 11) is 0. The number of rotatable bonds is 1. The SMILES string of the molecule is CC(C)(C)NC1C2(C)CC[C@@H](C2)C1(C)C. The van der Waals surface area contributed by atoms with E-state index < -0.39 is 0 Å². The van der Waals surface area contributed by atoms with Crippen LogP contribution in [0.25, 0.3) is 0 Å². The van der Waals surface area contributed by atoms with Gasteiger partial charge >= 0.3 is 0 Å². The lowest BCUT2D eigenvalue weighted by molar-refractivity contribution is 0.0869. The van der Waals surface area contributed by atoms with Crippen LogP contribution in [0, 0.1) is 16.7 Å². The molecule has 2 aliphatic carbocycles. The van der Waals surface area contributed by atoms with Gasteiger partial charge in [-0.25, -0.2) is 0 Å². The first kappa shape index (κ1) is 11.4. The summed E-state index contributed by atoms with van der Waals surface area (Å²) in [6.07, 6.45) is 4.31. The number of hydrogen-bond donors (Lipinski definition) is 1. The molecule has 3 atom stereocenters. The monoisotopic (exact) mass is 209 g/mol. The van der Waals surface area contributed by atoms with Gasteiger partial charge in [-0.15, -0.1) is 0 Å². The summed E-state index contributed by atoms with van der Waals surface area (Å²) in [6, 6.07) is 0.698. The van der Waals surface area contributed by atoms with Crippen molar-refractivity contribution in [2.75, 3.05) is 0 Å². The molecular weight excluding hydrogens is 182 g/mol. The van der Waals surface area contributed by atoms with Gasteiger partial charge in [-0.1, -0.05) is 20.8 Å². The average Bonchev–Trinajstić information content (AvgIpc) is 2.48. The van der Waals surface area contributed by atoms with E-state index in [1.165, 1.54) is 19.3 Å². The van der Waals surface area contributed by atoms with Crippen molar-refractivity contribution in [1.82, 2.24) is 5.32 Å². The molecule has 2 aliphatic rings.